The third kappa shape index (κ3) is 64.0. The Labute approximate surface area is 487 Å². The summed E-state index contributed by atoms with van der Waals surface area (Å²) in [6.45, 7) is 4.14. The maximum absolute atomic E-state index is 12.8. The number of carbonyl (C=O) groups excluding carboxylic acids is 2. The smallest absolute Gasteiger partial charge is 0.306 e. The van der Waals surface area contributed by atoms with Crippen LogP contribution in [0.5, 0.6) is 0 Å². The van der Waals surface area contributed by atoms with Crippen molar-refractivity contribution in [1.29, 1.82) is 0 Å². The SMILES string of the molecule is CC/C=C\C/C=C\C/C=C\C/C=C\C/C=C\C/C=C\C/C=C\C/C=C\CCCCCCCCCCCCCCCCCCC(=O)OC(COC(=O)CCCCCCCCCCCCCCCC)COP(=O)([O-])OCC[N+](C)(C)C. The molecular formula is C69H122NO8P. The minimum absolute atomic E-state index is 0.0312. The van der Waals surface area contributed by atoms with Crippen LogP contribution in [0.15, 0.2) is 97.2 Å². The van der Waals surface area contributed by atoms with E-state index in [1.165, 1.54) is 154 Å². The van der Waals surface area contributed by atoms with E-state index in [-0.39, 0.29) is 32.0 Å². The van der Waals surface area contributed by atoms with Crippen molar-refractivity contribution in [1.82, 2.24) is 0 Å². The van der Waals surface area contributed by atoms with Crippen molar-refractivity contribution in [2.45, 2.75) is 283 Å². The predicted molar refractivity (Wildman–Crippen MR) is 337 cm³/mol. The molecule has 2 unspecified atom stereocenters. The number of likely N-dealkylation sites (N-methyl/N-ethyl adjacent to an activating group) is 1. The maximum atomic E-state index is 12.8. The van der Waals surface area contributed by atoms with Crippen LogP contribution in [0.2, 0.25) is 0 Å². The third-order valence-electron chi connectivity index (χ3n) is 13.9. The molecule has 0 aliphatic rings. The van der Waals surface area contributed by atoms with Gasteiger partial charge in [0.1, 0.15) is 19.8 Å². The number of unbranched alkanes of at least 4 members (excludes halogenated alkanes) is 29. The van der Waals surface area contributed by atoms with Crippen LogP contribution >= 0.6 is 7.82 Å². The highest BCUT2D eigenvalue weighted by molar-refractivity contribution is 7.45. The van der Waals surface area contributed by atoms with Gasteiger partial charge in [0.25, 0.3) is 7.82 Å². The number of phosphoric acid groups is 1. The number of phosphoric ester groups is 1. The molecule has 0 saturated heterocycles. The summed E-state index contributed by atoms with van der Waals surface area (Å²) in [5.41, 5.74) is 0. The fraction of sp³-hybridized carbons (Fsp3) is 0.739. The highest BCUT2D eigenvalue weighted by atomic mass is 31.2. The highest BCUT2D eigenvalue weighted by Gasteiger charge is 2.22. The molecule has 0 N–H and O–H groups in total. The standard InChI is InChI=1S/C69H122NO8P/c1-6-8-10-12-14-16-18-20-22-23-24-25-26-27-28-29-30-31-32-33-34-35-36-37-38-39-40-41-42-43-44-45-46-47-48-50-52-54-56-58-60-62-69(72)78-67(66-77-79(73,74)76-64-63-70(3,4)5)65-75-68(71)61-59-57-55-53-51-49-21-19-17-15-13-11-9-7-2/h8,10,14,16,20,22,24-25,27-28,30-31,33-34,36-37,67H,6-7,9,11-13,15,17-19,21,23,26,29,32,35,38-66H2,1-5H3/b10-8-,16-14-,22-20-,25-24-,28-27-,31-30-,34-33-,37-36-. The van der Waals surface area contributed by atoms with Crippen LogP contribution < -0.4 is 4.89 Å². The monoisotopic (exact) mass is 1120 g/mol. The fourth-order valence-corrected chi connectivity index (χ4v) is 9.64. The first kappa shape index (κ1) is 75.9. The first-order chi connectivity index (χ1) is 38.5. The lowest BCUT2D eigenvalue weighted by molar-refractivity contribution is -0.870. The van der Waals surface area contributed by atoms with Gasteiger partial charge in [-0.15, -0.1) is 0 Å². The Hall–Kier alpha value is -3.07. The zero-order valence-corrected chi connectivity index (χ0v) is 52.7. The van der Waals surface area contributed by atoms with Crippen LogP contribution in [0.25, 0.3) is 0 Å². The van der Waals surface area contributed by atoms with Gasteiger partial charge in [-0.05, 0) is 77.0 Å². The van der Waals surface area contributed by atoms with E-state index >= 15 is 0 Å². The molecule has 79 heavy (non-hydrogen) atoms. The molecule has 0 heterocycles. The van der Waals surface area contributed by atoms with Gasteiger partial charge in [0.15, 0.2) is 6.10 Å². The summed E-state index contributed by atoms with van der Waals surface area (Å²) in [5, 5.41) is 0. The molecule has 0 rings (SSSR count). The Bertz CT molecular complexity index is 1650. The van der Waals surface area contributed by atoms with E-state index in [0.717, 1.165) is 89.9 Å². The molecule has 0 spiro atoms. The topological polar surface area (TPSA) is 111 Å². The van der Waals surface area contributed by atoms with Crippen LogP contribution in [0, 0.1) is 0 Å². The summed E-state index contributed by atoms with van der Waals surface area (Å²) in [6.07, 6.45) is 81.9. The molecule has 0 aliphatic carbocycles. The number of hydrogen-bond donors (Lipinski definition) is 0. The minimum atomic E-state index is -4.64. The number of hydrogen-bond acceptors (Lipinski definition) is 8. The second-order valence-electron chi connectivity index (χ2n) is 22.8. The van der Waals surface area contributed by atoms with Crippen molar-refractivity contribution in [3.8, 4) is 0 Å². The van der Waals surface area contributed by atoms with Crippen LogP contribution in [-0.4, -0.2) is 70.0 Å². The second-order valence-corrected chi connectivity index (χ2v) is 24.2. The van der Waals surface area contributed by atoms with Crippen molar-refractivity contribution in [3.05, 3.63) is 97.2 Å². The predicted octanol–water partition coefficient (Wildman–Crippen LogP) is 20.1. The van der Waals surface area contributed by atoms with Crippen molar-refractivity contribution in [2.75, 3.05) is 47.5 Å². The summed E-state index contributed by atoms with van der Waals surface area (Å²) in [4.78, 5) is 37.9. The van der Waals surface area contributed by atoms with Crippen molar-refractivity contribution in [2.24, 2.45) is 0 Å². The van der Waals surface area contributed by atoms with Gasteiger partial charge in [-0.3, -0.25) is 14.2 Å². The van der Waals surface area contributed by atoms with Gasteiger partial charge in [0.05, 0.1) is 27.7 Å². The third-order valence-corrected chi connectivity index (χ3v) is 14.8. The van der Waals surface area contributed by atoms with Crippen LogP contribution in [0.1, 0.15) is 277 Å². The second kappa shape index (κ2) is 59.5. The molecule has 10 heteroatoms. The fourth-order valence-electron chi connectivity index (χ4n) is 8.91. The molecule has 456 valence electrons. The first-order valence-electron chi connectivity index (χ1n) is 32.4. The normalized spacial score (nSPS) is 13.8. The first-order valence-corrected chi connectivity index (χ1v) is 33.9. The van der Waals surface area contributed by atoms with E-state index in [1.807, 2.05) is 21.1 Å². The van der Waals surface area contributed by atoms with Crippen molar-refractivity contribution >= 4 is 19.8 Å². The number of rotatable bonds is 59. The highest BCUT2D eigenvalue weighted by Crippen LogP contribution is 2.38. The number of nitrogens with zero attached hydrogens (tertiary/aromatic N) is 1. The van der Waals surface area contributed by atoms with Crippen LogP contribution in [0.4, 0.5) is 0 Å². The number of quaternary nitrogens is 1. The van der Waals surface area contributed by atoms with Gasteiger partial charge in [0, 0.05) is 12.8 Å². The maximum Gasteiger partial charge on any atom is 0.306 e. The van der Waals surface area contributed by atoms with Crippen molar-refractivity contribution in [3.63, 3.8) is 0 Å². The molecule has 0 aromatic rings. The molecule has 0 fully saturated rings. The van der Waals surface area contributed by atoms with E-state index < -0.39 is 26.5 Å². The van der Waals surface area contributed by atoms with Gasteiger partial charge >= 0.3 is 11.9 Å². The summed E-state index contributed by atoms with van der Waals surface area (Å²) < 4.78 is 34.2. The molecular weight excluding hydrogens is 1000 g/mol. The molecule has 0 aliphatic heterocycles. The summed E-state index contributed by atoms with van der Waals surface area (Å²) in [5.74, 6) is -0.825. The Morgan fingerprint density at radius 1 is 0.405 bits per heavy atom. The average molecular weight is 1120 g/mol. The Balaban J connectivity index is 3.97. The minimum Gasteiger partial charge on any atom is -0.756 e. The summed E-state index contributed by atoms with van der Waals surface area (Å²) in [7, 11) is 1.17. The summed E-state index contributed by atoms with van der Waals surface area (Å²) in [6, 6.07) is 0. The van der Waals surface area contributed by atoms with Gasteiger partial charge in [0.2, 0.25) is 0 Å². The number of esters is 2. The molecule has 0 saturated carbocycles. The summed E-state index contributed by atoms with van der Waals surface area (Å²) >= 11 is 0. The zero-order chi connectivity index (χ0) is 57.7. The lowest BCUT2D eigenvalue weighted by atomic mass is 10.0. The molecule has 0 aromatic carbocycles. The van der Waals surface area contributed by atoms with E-state index in [9.17, 15) is 19.0 Å². The van der Waals surface area contributed by atoms with Gasteiger partial charge in [-0.25, -0.2) is 0 Å². The molecule has 0 amide bonds. The Morgan fingerprint density at radius 2 is 0.722 bits per heavy atom. The Morgan fingerprint density at radius 3 is 1.08 bits per heavy atom. The molecule has 2 atom stereocenters. The molecule has 9 nitrogen and oxygen atoms in total. The quantitative estimate of drug-likeness (QED) is 0.0195. The van der Waals surface area contributed by atoms with Gasteiger partial charge in [-0.1, -0.05) is 284 Å². The zero-order valence-electron chi connectivity index (χ0n) is 51.8. The lowest BCUT2D eigenvalue weighted by Gasteiger charge is -2.28. The number of allylic oxidation sites excluding steroid dienone is 16. The van der Waals surface area contributed by atoms with Gasteiger partial charge < -0.3 is 27.9 Å². The Kier molecular flexibility index (Phi) is 57.2. The lowest BCUT2D eigenvalue weighted by Crippen LogP contribution is -2.37. The number of carbonyl (C=O) groups is 2. The largest absolute Gasteiger partial charge is 0.756 e. The van der Waals surface area contributed by atoms with E-state index in [2.05, 4.69) is 111 Å². The van der Waals surface area contributed by atoms with Crippen LogP contribution in [-0.2, 0) is 32.7 Å². The van der Waals surface area contributed by atoms with E-state index in [4.69, 9.17) is 18.5 Å². The molecule has 0 radical (unpaired) electrons. The average Bonchev–Trinajstić information content (AvgIpc) is 3.41. The van der Waals surface area contributed by atoms with Crippen LogP contribution in [0.3, 0.4) is 0 Å². The van der Waals surface area contributed by atoms with Gasteiger partial charge in [-0.2, -0.15) is 0 Å². The van der Waals surface area contributed by atoms with E-state index in [0.29, 0.717) is 17.4 Å². The molecule has 0 aromatic heterocycles. The van der Waals surface area contributed by atoms with E-state index in [1.54, 1.807) is 0 Å². The number of ether oxygens (including phenoxy) is 2. The molecule has 0 bridgehead atoms. The van der Waals surface area contributed by atoms with Crippen molar-refractivity contribution < 1.29 is 42.1 Å².